The number of ether oxygens (including phenoxy) is 4. The molecular formula is C25H26Br2O5. The van der Waals surface area contributed by atoms with Gasteiger partial charge >= 0.3 is 0 Å². The Balaban J connectivity index is 1.91. The molecule has 0 unspecified atom stereocenters. The van der Waals surface area contributed by atoms with E-state index in [0.717, 1.165) is 31.2 Å². The van der Waals surface area contributed by atoms with Crippen molar-refractivity contribution >= 4 is 49.8 Å². The Morgan fingerprint density at radius 3 is 1.53 bits per heavy atom. The molecule has 0 atom stereocenters. The van der Waals surface area contributed by atoms with Gasteiger partial charge in [0, 0.05) is 11.1 Å². The van der Waals surface area contributed by atoms with Gasteiger partial charge < -0.3 is 18.9 Å². The largest absolute Gasteiger partial charge is 0.492 e. The van der Waals surface area contributed by atoms with Crippen molar-refractivity contribution in [2.75, 3.05) is 27.4 Å². The van der Waals surface area contributed by atoms with Crippen molar-refractivity contribution < 1.29 is 23.7 Å². The number of rotatable bonds is 8. The number of hydrogen-bond acceptors (Lipinski definition) is 5. The predicted octanol–water partition coefficient (Wildman–Crippen LogP) is 6.86. The van der Waals surface area contributed by atoms with Crippen LogP contribution in [0, 0.1) is 0 Å². The van der Waals surface area contributed by atoms with Gasteiger partial charge in [-0.3, -0.25) is 4.79 Å². The van der Waals surface area contributed by atoms with Crippen LogP contribution in [0.2, 0.25) is 0 Å². The van der Waals surface area contributed by atoms with Crippen LogP contribution >= 0.6 is 31.9 Å². The molecule has 2 aromatic carbocycles. The summed E-state index contributed by atoms with van der Waals surface area (Å²) in [6.07, 6.45) is 5.22. The summed E-state index contributed by atoms with van der Waals surface area (Å²) in [5.74, 6) is 2.62. The Hall–Kier alpha value is -2.25. The number of carbonyl (C=O) groups excluding carboxylic acids is 1. The summed E-state index contributed by atoms with van der Waals surface area (Å²) in [7, 11) is 3.21. The molecule has 0 aliphatic heterocycles. The smallest absolute Gasteiger partial charge is 0.185 e. The Bertz CT molecular complexity index is 989. The molecule has 0 spiro atoms. The summed E-state index contributed by atoms with van der Waals surface area (Å²) in [5, 5.41) is 0. The highest BCUT2D eigenvalue weighted by Crippen LogP contribution is 2.40. The van der Waals surface area contributed by atoms with Gasteiger partial charge in [-0.05, 0) is 106 Å². The SMILES string of the molecule is CCOc1cc(C=C2CCC(=Cc3cc(Br)c(OC)c(OCC)c3)C2=O)cc(Br)c1OC. The number of ketones is 1. The van der Waals surface area contributed by atoms with Crippen LogP contribution in [0.3, 0.4) is 0 Å². The molecular weight excluding hydrogens is 540 g/mol. The van der Waals surface area contributed by atoms with Crippen molar-refractivity contribution in [3.63, 3.8) is 0 Å². The summed E-state index contributed by atoms with van der Waals surface area (Å²) in [4.78, 5) is 13.1. The first kappa shape index (κ1) is 24.4. The number of carbonyl (C=O) groups is 1. The van der Waals surface area contributed by atoms with Crippen LogP contribution in [-0.4, -0.2) is 33.2 Å². The van der Waals surface area contributed by atoms with Crippen molar-refractivity contribution in [2.45, 2.75) is 26.7 Å². The lowest BCUT2D eigenvalue weighted by atomic mass is 10.1. The number of hydrogen-bond donors (Lipinski definition) is 0. The first-order chi connectivity index (χ1) is 15.4. The molecule has 1 saturated carbocycles. The maximum Gasteiger partial charge on any atom is 0.185 e. The zero-order valence-corrected chi connectivity index (χ0v) is 21.8. The monoisotopic (exact) mass is 564 g/mol. The fourth-order valence-electron chi connectivity index (χ4n) is 3.65. The Labute approximate surface area is 205 Å². The summed E-state index contributed by atoms with van der Waals surface area (Å²) >= 11 is 7.06. The summed E-state index contributed by atoms with van der Waals surface area (Å²) < 4.78 is 23.8. The van der Waals surface area contributed by atoms with E-state index in [4.69, 9.17) is 18.9 Å². The molecule has 170 valence electrons. The molecule has 7 heteroatoms. The average molecular weight is 566 g/mol. The zero-order chi connectivity index (χ0) is 23.3. The molecule has 0 N–H and O–H groups in total. The number of halogens is 2. The lowest BCUT2D eigenvalue weighted by Gasteiger charge is -2.12. The van der Waals surface area contributed by atoms with Crippen LogP contribution in [0.1, 0.15) is 37.8 Å². The third kappa shape index (κ3) is 5.38. The van der Waals surface area contributed by atoms with E-state index in [-0.39, 0.29) is 5.78 Å². The molecule has 2 aromatic rings. The Kier molecular flexibility index (Phi) is 8.43. The van der Waals surface area contributed by atoms with Gasteiger partial charge in [0.1, 0.15) is 0 Å². The first-order valence-electron chi connectivity index (χ1n) is 10.4. The molecule has 0 heterocycles. The van der Waals surface area contributed by atoms with Gasteiger partial charge in [-0.15, -0.1) is 0 Å². The minimum Gasteiger partial charge on any atom is -0.492 e. The number of Topliss-reactive ketones (excluding diaryl/α,β-unsaturated/α-hetero) is 1. The van der Waals surface area contributed by atoms with Crippen LogP contribution in [0.5, 0.6) is 23.0 Å². The third-order valence-corrected chi connectivity index (χ3v) is 6.18. The van der Waals surface area contributed by atoms with E-state index in [1.165, 1.54) is 0 Å². The lowest BCUT2D eigenvalue weighted by Crippen LogP contribution is -1.99. The van der Waals surface area contributed by atoms with Gasteiger partial charge in [0.05, 0.1) is 36.4 Å². The minimum atomic E-state index is 0.0554. The van der Waals surface area contributed by atoms with Crippen LogP contribution < -0.4 is 18.9 Å². The maximum absolute atomic E-state index is 13.1. The molecule has 3 rings (SSSR count). The Morgan fingerprint density at radius 2 is 1.19 bits per heavy atom. The van der Waals surface area contributed by atoms with Gasteiger partial charge in [-0.1, -0.05) is 0 Å². The van der Waals surface area contributed by atoms with E-state index in [1.54, 1.807) is 14.2 Å². The summed E-state index contributed by atoms with van der Waals surface area (Å²) in [6.45, 7) is 4.89. The van der Waals surface area contributed by atoms with Gasteiger partial charge in [0.25, 0.3) is 0 Å². The lowest BCUT2D eigenvalue weighted by molar-refractivity contribution is -0.111. The topological polar surface area (TPSA) is 54.0 Å². The van der Waals surface area contributed by atoms with Crippen LogP contribution in [0.15, 0.2) is 44.4 Å². The van der Waals surface area contributed by atoms with E-state index >= 15 is 0 Å². The highest BCUT2D eigenvalue weighted by molar-refractivity contribution is 9.11. The van der Waals surface area contributed by atoms with Crippen LogP contribution in [0.25, 0.3) is 12.2 Å². The molecule has 1 aliphatic rings. The van der Waals surface area contributed by atoms with Gasteiger partial charge in [0.15, 0.2) is 28.8 Å². The van der Waals surface area contributed by atoms with Gasteiger partial charge in [-0.25, -0.2) is 0 Å². The number of benzene rings is 2. The molecule has 32 heavy (non-hydrogen) atoms. The predicted molar refractivity (Wildman–Crippen MR) is 134 cm³/mol. The number of allylic oxidation sites excluding steroid dienone is 2. The van der Waals surface area contributed by atoms with Crippen molar-refractivity contribution in [3.05, 3.63) is 55.5 Å². The van der Waals surface area contributed by atoms with E-state index in [9.17, 15) is 4.79 Å². The van der Waals surface area contributed by atoms with Crippen LogP contribution in [0.4, 0.5) is 0 Å². The van der Waals surface area contributed by atoms with E-state index < -0.39 is 0 Å². The fraction of sp³-hybridized carbons (Fsp3) is 0.320. The zero-order valence-electron chi connectivity index (χ0n) is 18.6. The van der Waals surface area contributed by atoms with Crippen molar-refractivity contribution in [2.24, 2.45) is 0 Å². The van der Waals surface area contributed by atoms with Crippen molar-refractivity contribution in [3.8, 4) is 23.0 Å². The Morgan fingerprint density at radius 1 is 0.781 bits per heavy atom. The molecule has 1 aliphatic carbocycles. The standard InChI is InChI=1S/C25H26Br2O5/c1-5-31-21-13-15(11-19(26)24(21)29-3)9-17-7-8-18(23(17)28)10-16-12-20(27)25(30-4)22(14-16)32-6-2/h9-14H,5-8H2,1-4H3. The maximum atomic E-state index is 13.1. The molecule has 0 amide bonds. The first-order valence-corrected chi connectivity index (χ1v) is 12.0. The molecule has 0 bridgehead atoms. The van der Waals surface area contributed by atoms with E-state index in [0.29, 0.717) is 49.1 Å². The minimum absolute atomic E-state index is 0.0554. The second-order valence-corrected chi connectivity index (χ2v) is 8.81. The van der Waals surface area contributed by atoms with Crippen molar-refractivity contribution in [1.82, 2.24) is 0 Å². The quantitative estimate of drug-likeness (QED) is 0.327. The fourth-order valence-corrected chi connectivity index (χ4v) is 4.89. The normalized spacial score (nSPS) is 16.0. The molecule has 0 saturated heterocycles. The summed E-state index contributed by atoms with van der Waals surface area (Å²) in [6, 6.07) is 7.64. The van der Waals surface area contributed by atoms with E-state index in [1.807, 2.05) is 50.3 Å². The molecule has 0 radical (unpaired) electrons. The molecule has 5 nitrogen and oxygen atoms in total. The van der Waals surface area contributed by atoms with E-state index in [2.05, 4.69) is 31.9 Å². The highest BCUT2D eigenvalue weighted by Gasteiger charge is 2.24. The van der Waals surface area contributed by atoms with Gasteiger partial charge in [-0.2, -0.15) is 0 Å². The second-order valence-electron chi connectivity index (χ2n) is 7.10. The highest BCUT2D eigenvalue weighted by atomic mass is 79.9. The molecule has 1 fully saturated rings. The second kappa shape index (κ2) is 11.1. The molecule has 0 aromatic heterocycles. The third-order valence-electron chi connectivity index (χ3n) is 5.00. The summed E-state index contributed by atoms with van der Waals surface area (Å²) in [5.41, 5.74) is 3.31. The van der Waals surface area contributed by atoms with Gasteiger partial charge in [0.2, 0.25) is 0 Å². The van der Waals surface area contributed by atoms with Crippen molar-refractivity contribution in [1.29, 1.82) is 0 Å². The van der Waals surface area contributed by atoms with Crippen LogP contribution in [-0.2, 0) is 4.79 Å². The average Bonchev–Trinajstić information content (AvgIpc) is 3.07. The number of methoxy groups -OCH3 is 2.